The Morgan fingerprint density at radius 2 is 2.07 bits per heavy atom. The number of hydrogen-bond donors (Lipinski definition) is 1. The van der Waals surface area contributed by atoms with Crippen molar-refractivity contribution in [3.63, 3.8) is 0 Å². The summed E-state index contributed by atoms with van der Waals surface area (Å²) in [6, 6.07) is 5.24. The third-order valence-electron chi connectivity index (χ3n) is 2.82. The Labute approximate surface area is 106 Å². The lowest BCUT2D eigenvalue weighted by Crippen LogP contribution is -2.24. The van der Waals surface area contributed by atoms with Crippen LogP contribution in [0.2, 0.25) is 0 Å². The van der Waals surface area contributed by atoms with E-state index in [0.29, 0.717) is 12.1 Å². The fraction of sp³-hybridized carbons (Fsp3) is 0.455. The van der Waals surface area contributed by atoms with Crippen LogP contribution < -0.4 is 10.1 Å². The predicted molar refractivity (Wildman–Crippen MR) is 66.2 cm³/mol. The summed E-state index contributed by atoms with van der Waals surface area (Å²) in [4.78, 5) is 0. The van der Waals surface area contributed by atoms with Gasteiger partial charge in [0, 0.05) is 16.1 Å². The monoisotopic (exact) mass is 331 g/mol. The second-order valence-electron chi connectivity index (χ2n) is 4.11. The van der Waals surface area contributed by atoms with E-state index in [1.807, 2.05) is 6.07 Å². The molecule has 1 aromatic carbocycles. The average molecular weight is 333 g/mol. The Kier molecular flexibility index (Phi) is 2.53. The summed E-state index contributed by atoms with van der Waals surface area (Å²) in [5, 5.41) is 3.60. The summed E-state index contributed by atoms with van der Waals surface area (Å²) in [5.41, 5.74) is 1.27. The zero-order valence-corrected chi connectivity index (χ0v) is 11.3. The van der Waals surface area contributed by atoms with Gasteiger partial charge in [-0.25, -0.2) is 0 Å². The van der Waals surface area contributed by atoms with Crippen LogP contribution in [0, 0.1) is 0 Å². The molecule has 1 aliphatic carbocycles. The molecule has 2 aliphatic rings. The van der Waals surface area contributed by atoms with Crippen molar-refractivity contribution in [2.24, 2.45) is 0 Å². The normalized spacial score (nSPS) is 23.7. The summed E-state index contributed by atoms with van der Waals surface area (Å²) in [5.74, 6) is 0.997. The van der Waals surface area contributed by atoms with Crippen molar-refractivity contribution in [2.45, 2.75) is 24.9 Å². The van der Waals surface area contributed by atoms with E-state index in [9.17, 15) is 0 Å². The van der Waals surface area contributed by atoms with Gasteiger partial charge in [0.15, 0.2) is 0 Å². The van der Waals surface area contributed by atoms with E-state index in [2.05, 4.69) is 43.2 Å². The van der Waals surface area contributed by atoms with Crippen molar-refractivity contribution < 1.29 is 4.74 Å². The highest BCUT2D eigenvalue weighted by molar-refractivity contribution is 9.11. The van der Waals surface area contributed by atoms with Crippen LogP contribution in [0.5, 0.6) is 5.75 Å². The number of rotatable bonds is 2. The van der Waals surface area contributed by atoms with Gasteiger partial charge in [0.1, 0.15) is 12.4 Å². The van der Waals surface area contributed by atoms with Crippen LogP contribution in [0.3, 0.4) is 0 Å². The van der Waals surface area contributed by atoms with Crippen molar-refractivity contribution in [1.82, 2.24) is 5.32 Å². The molecule has 0 amide bonds. The first-order valence-electron chi connectivity index (χ1n) is 5.12. The zero-order chi connectivity index (χ0) is 10.4. The van der Waals surface area contributed by atoms with Gasteiger partial charge in [-0.3, -0.25) is 0 Å². The molecule has 1 atom stereocenters. The summed E-state index contributed by atoms with van der Waals surface area (Å²) in [6.45, 7) is 0.751. The smallest absolute Gasteiger partial charge is 0.138 e. The van der Waals surface area contributed by atoms with E-state index in [0.717, 1.165) is 21.3 Å². The van der Waals surface area contributed by atoms with Gasteiger partial charge in [-0.05, 0) is 40.9 Å². The van der Waals surface area contributed by atoms with Gasteiger partial charge in [0.25, 0.3) is 0 Å². The first-order valence-corrected chi connectivity index (χ1v) is 6.70. The van der Waals surface area contributed by atoms with E-state index in [-0.39, 0.29) is 0 Å². The van der Waals surface area contributed by atoms with Crippen molar-refractivity contribution in [3.8, 4) is 5.75 Å². The molecule has 0 bridgehead atoms. The summed E-state index contributed by atoms with van der Waals surface area (Å²) < 4.78 is 7.83. The number of hydrogen-bond acceptors (Lipinski definition) is 2. The summed E-state index contributed by atoms with van der Waals surface area (Å²) in [6.07, 6.45) is 2.61. The molecule has 1 N–H and O–H groups in total. The van der Waals surface area contributed by atoms with Crippen LogP contribution in [0.1, 0.15) is 24.4 Å². The largest absolute Gasteiger partial charge is 0.490 e. The molecule has 3 rings (SSSR count). The molecule has 4 heteroatoms. The Hall–Kier alpha value is -0.0600. The molecule has 80 valence electrons. The molecule has 1 unspecified atom stereocenters. The lowest BCUT2D eigenvalue weighted by atomic mass is 10.1. The van der Waals surface area contributed by atoms with Crippen LogP contribution in [0.25, 0.3) is 0 Å². The van der Waals surface area contributed by atoms with E-state index < -0.39 is 0 Å². The van der Waals surface area contributed by atoms with Gasteiger partial charge in [-0.1, -0.05) is 15.9 Å². The molecule has 0 spiro atoms. The molecule has 1 aliphatic heterocycles. The topological polar surface area (TPSA) is 21.3 Å². The molecular formula is C11H11Br2NO. The molecule has 15 heavy (non-hydrogen) atoms. The molecule has 1 fully saturated rings. The van der Waals surface area contributed by atoms with Crippen molar-refractivity contribution in [2.75, 3.05) is 6.61 Å². The maximum absolute atomic E-state index is 5.70. The van der Waals surface area contributed by atoms with Crippen molar-refractivity contribution >= 4 is 31.9 Å². The Balaban J connectivity index is 1.93. The maximum atomic E-state index is 5.70. The Bertz CT molecular complexity index is 404. The highest BCUT2D eigenvalue weighted by Gasteiger charge is 2.31. The minimum absolute atomic E-state index is 0.362. The van der Waals surface area contributed by atoms with Crippen LogP contribution in [-0.2, 0) is 0 Å². The van der Waals surface area contributed by atoms with Crippen LogP contribution in [0.15, 0.2) is 21.1 Å². The fourth-order valence-electron chi connectivity index (χ4n) is 1.92. The highest BCUT2D eigenvalue weighted by atomic mass is 79.9. The van der Waals surface area contributed by atoms with E-state index >= 15 is 0 Å². The van der Waals surface area contributed by atoms with Gasteiger partial charge < -0.3 is 10.1 Å². The number of nitrogens with one attached hydrogen (secondary N) is 1. The molecule has 1 saturated carbocycles. The number of benzene rings is 1. The first kappa shape index (κ1) is 10.1. The molecule has 2 nitrogen and oxygen atoms in total. The number of halogens is 2. The lowest BCUT2D eigenvalue weighted by molar-refractivity contribution is 0.309. The Morgan fingerprint density at radius 1 is 1.27 bits per heavy atom. The van der Waals surface area contributed by atoms with Gasteiger partial charge in [0.2, 0.25) is 0 Å². The molecule has 1 heterocycles. The van der Waals surface area contributed by atoms with E-state index in [1.54, 1.807) is 0 Å². The van der Waals surface area contributed by atoms with Gasteiger partial charge >= 0.3 is 0 Å². The standard InChI is InChI=1S/C11H11Br2NO/c12-6-3-8-10(14-7-1-2-7)5-15-11(8)9(13)4-6/h3-4,7,10,14H,1-2,5H2. The highest BCUT2D eigenvalue weighted by Crippen LogP contribution is 2.41. The number of ether oxygens (including phenoxy) is 1. The average Bonchev–Trinajstić information content (AvgIpc) is 2.89. The lowest BCUT2D eigenvalue weighted by Gasteiger charge is -2.10. The summed E-state index contributed by atoms with van der Waals surface area (Å²) >= 11 is 7.04. The summed E-state index contributed by atoms with van der Waals surface area (Å²) in [7, 11) is 0. The maximum Gasteiger partial charge on any atom is 0.138 e. The van der Waals surface area contributed by atoms with Crippen molar-refractivity contribution in [3.05, 3.63) is 26.6 Å². The van der Waals surface area contributed by atoms with Gasteiger partial charge in [-0.2, -0.15) is 0 Å². The van der Waals surface area contributed by atoms with Crippen molar-refractivity contribution in [1.29, 1.82) is 0 Å². The minimum Gasteiger partial charge on any atom is -0.490 e. The van der Waals surface area contributed by atoms with Crippen LogP contribution >= 0.6 is 31.9 Å². The second kappa shape index (κ2) is 3.75. The third kappa shape index (κ3) is 1.95. The van der Waals surface area contributed by atoms with E-state index in [1.165, 1.54) is 18.4 Å². The van der Waals surface area contributed by atoms with Gasteiger partial charge in [-0.15, -0.1) is 0 Å². The predicted octanol–water partition coefficient (Wildman–Crippen LogP) is 3.40. The fourth-order valence-corrected chi connectivity index (χ4v) is 3.29. The van der Waals surface area contributed by atoms with Crippen LogP contribution in [0.4, 0.5) is 0 Å². The molecule has 0 aromatic heterocycles. The second-order valence-corrected chi connectivity index (χ2v) is 5.88. The van der Waals surface area contributed by atoms with E-state index in [4.69, 9.17) is 4.74 Å². The quantitative estimate of drug-likeness (QED) is 0.896. The SMILES string of the molecule is Brc1cc(Br)c2c(c1)C(NC1CC1)CO2. The van der Waals surface area contributed by atoms with Crippen LogP contribution in [-0.4, -0.2) is 12.6 Å². The minimum atomic E-state index is 0.362. The molecule has 0 saturated heterocycles. The molecule has 1 aromatic rings. The molecular weight excluding hydrogens is 322 g/mol. The molecule has 0 radical (unpaired) electrons. The Morgan fingerprint density at radius 3 is 2.80 bits per heavy atom. The van der Waals surface area contributed by atoms with Gasteiger partial charge in [0.05, 0.1) is 10.5 Å². The first-order chi connectivity index (χ1) is 7.24. The number of fused-ring (bicyclic) bond motifs is 1. The third-order valence-corrected chi connectivity index (χ3v) is 3.87. The zero-order valence-electron chi connectivity index (χ0n) is 8.09.